The van der Waals surface area contributed by atoms with Crippen molar-refractivity contribution in [3.63, 3.8) is 0 Å². The minimum atomic E-state index is -3.51. The summed E-state index contributed by atoms with van der Waals surface area (Å²) in [4.78, 5) is 16.7. The minimum Gasteiger partial charge on any atom is -0.298 e. The Morgan fingerprint density at radius 1 is 1.17 bits per heavy atom. The summed E-state index contributed by atoms with van der Waals surface area (Å²) in [6.07, 6.45) is 0. The lowest BCUT2D eigenvalue weighted by atomic mass is 10.2. The number of sulfonamides is 1. The van der Waals surface area contributed by atoms with Gasteiger partial charge in [-0.15, -0.1) is 0 Å². The Labute approximate surface area is 151 Å². The average Bonchev–Trinajstić information content (AvgIpc) is 2.96. The molecule has 1 amide bonds. The quantitative estimate of drug-likeness (QED) is 0.671. The molecule has 0 aliphatic carbocycles. The van der Waals surface area contributed by atoms with Gasteiger partial charge in [0.1, 0.15) is 0 Å². The van der Waals surface area contributed by atoms with E-state index < -0.39 is 10.0 Å². The van der Waals surface area contributed by atoms with E-state index in [4.69, 9.17) is 0 Å². The fraction of sp³-hybridized carbons (Fsp3) is 0.0667. The Bertz CT molecular complexity index is 1010. The van der Waals surface area contributed by atoms with Gasteiger partial charge in [0.15, 0.2) is 5.13 Å². The lowest BCUT2D eigenvalue weighted by Crippen LogP contribution is -2.18. The number of benzene rings is 2. The van der Waals surface area contributed by atoms with E-state index in [1.807, 2.05) is 0 Å². The monoisotopic (exact) mass is 425 g/mol. The molecule has 0 spiro atoms. The van der Waals surface area contributed by atoms with E-state index in [0.29, 0.717) is 20.9 Å². The number of anilines is 1. The number of nitrogens with zero attached hydrogens (tertiary/aromatic N) is 1. The summed E-state index contributed by atoms with van der Waals surface area (Å²) in [5.41, 5.74) is 1.14. The van der Waals surface area contributed by atoms with Crippen LogP contribution < -0.4 is 10.0 Å². The zero-order valence-corrected chi connectivity index (χ0v) is 15.6. The topological polar surface area (TPSA) is 88.2 Å². The molecule has 1 aromatic heterocycles. The van der Waals surface area contributed by atoms with Gasteiger partial charge in [-0.3, -0.25) is 10.1 Å². The van der Waals surface area contributed by atoms with Crippen LogP contribution in [0.2, 0.25) is 0 Å². The van der Waals surface area contributed by atoms with Crippen LogP contribution in [0.4, 0.5) is 5.13 Å². The molecule has 3 rings (SSSR count). The molecule has 0 saturated heterocycles. The molecule has 9 heteroatoms. The van der Waals surface area contributed by atoms with Gasteiger partial charge < -0.3 is 0 Å². The van der Waals surface area contributed by atoms with Crippen molar-refractivity contribution in [2.24, 2.45) is 0 Å². The standard InChI is InChI=1S/C15H12BrN3O3S2/c1-17-24(21,22)11-6-7-12-13(8-11)23-15(18-12)19-14(20)9-2-4-10(16)5-3-9/h2-8,17H,1H3,(H,18,19,20). The van der Waals surface area contributed by atoms with Crippen molar-refractivity contribution >= 4 is 58.5 Å². The molecule has 0 bridgehead atoms. The SMILES string of the molecule is CNS(=O)(=O)c1ccc2nc(NC(=O)c3ccc(Br)cc3)sc2c1. The Morgan fingerprint density at radius 2 is 1.88 bits per heavy atom. The maximum absolute atomic E-state index is 12.2. The van der Waals surface area contributed by atoms with Crippen molar-refractivity contribution in [2.75, 3.05) is 12.4 Å². The zero-order chi connectivity index (χ0) is 17.3. The summed E-state index contributed by atoms with van der Waals surface area (Å²) >= 11 is 4.54. The highest BCUT2D eigenvalue weighted by molar-refractivity contribution is 9.10. The first-order chi connectivity index (χ1) is 11.4. The number of amides is 1. The molecule has 0 atom stereocenters. The second-order valence-corrected chi connectivity index (χ2v) is 8.65. The van der Waals surface area contributed by atoms with Gasteiger partial charge in [-0.2, -0.15) is 0 Å². The van der Waals surface area contributed by atoms with E-state index in [2.05, 4.69) is 31.0 Å². The third kappa shape index (κ3) is 3.48. The van der Waals surface area contributed by atoms with Gasteiger partial charge >= 0.3 is 0 Å². The van der Waals surface area contributed by atoms with E-state index in [0.717, 1.165) is 4.47 Å². The Morgan fingerprint density at radius 3 is 2.54 bits per heavy atom. The van der Waals surface area contributed by atoms with Crippen LogP contribution >= 0.6 is 27.3 Å². The molecule has 0 fully saturated rings. The van der Waals surface area contributed by atoms with Gasteiger partial charge in [0.05, 0.1) is 15.1 Å². The van der Waals surface area contributed by atoms with Gasteiger partial charge in [0, 0.05) is 10.0 Å². The lowest BCUT2D eigenvalue weighted by molar-refractivity contribution is 0.102. The summed E-state index contributed by atoms with van der Waals surface area (Å²) in [5.74, 6) is -0.273. The first-order valence-corrected chi connectivity index (χ1v) is 9.89. The predicted octanol–water partition coefficient (Wildman–Crippen LogP) is 3.22. The third-order valence-corrected chi connectivity index (χ3v) is 6.14. The molecular formula is C15H12BrN3O3S2. The second kappa shape index (κ2) is 6.60. The summed E-state index contributed by atoms with van der Waals surface area (Å²) in [6, 6.07) is 11.6. The number of aromatic nitrogens is 1. The minimum absolute atomic E-state index is 0.159. The average molecular weight is 426 g/mol. The molecule has 6 nitrogen and oxygen atoms in total. The van der Waals surface area contributed by atoms with Crippen LogP contribution in [-0.2, 0) is 10.0 Å². The molecule has 1 heterocycles. The van der Waals surface area contributed by atoms with Crippen LogP contribution in [0, 0.1) is 0 Å². The van der Waals surface area contributed by atoms with Gasteiger partial charge in [0.2, 0.25) is 10.0 Å². The number of carbonyl (C=O) groups is 1. The maximum Gasteiger partial charge on any atom is 0.257 e. The molecule has 2 N–H and O–H groups in total. The zero-order valence-electron chi connectivity index (χ0n) is 12.4. The van der Waals surface area contributed by atoms with Crippen molar-refractivity contribution in [3.8, 4) is 0 Å². The number of nitrogens with one attached hydrogen (secondary N) is 2. The Hall–Kier alpha value is -1.81. The van der Waals surface area contributed by atoms with Crippen LogP contribution in [0.3, 0.4) is 0 Å². The van der Waals surface area contributed by atoms with Crippen molar-refractivity contribution < 1.29 is 13.2 Å². The van der Waals surface area contributed by atoms with E-state index in [9.17, 15) is 13.2 Å². The number of halogens is 1. The molecule has 0 unspecified atom stereocenters. The fourth-order valence-electron chi connectivity index (χ4n) is 2.01. The highest BCUT2D eigenvalue weighted by Gasteiger charge is 2.14. The van der Waals surface area contributed by atoms with E-state index in [1.54, 1.807) is 30.3 Å². The third-order valence-electron chi connectivity index (χ3n) is 3.27. The van der Waals surface area contributed by atoms with Gasteiger partial charge in [0.25, 0.3) is 5.91 Å². The summed E-state index contributed by atoms with van der Waals surface area (Å²) in [5, 5.41) is 3.14. The molecule has 124 valence electrons. The predicted molar refractivity (Wildman–Crippen MR) is 98.0 cm³/mol. The highest BCUT2D eigenvalue weighted by Crippen LogP contribution is 2.28. The molecule has 0 aliphatic rings. The highest BCUT2D eigenvalue weighted by atomic mass is 79.9. The first kappa shape index (κ1) is 17.0. The normalized spacial score (nSPS) is 11.6. The van der Waals surface area contributed by atoms with E-state index in [1.165, 1.54) is 30.5 Å². The molecule has 0 radical (unpaired) electrons. The van der Waals surface area contributed by atoms with Crippen molar-refractivity contribution in [2.45, 2.75) is 4.90 Å². The number of fused-ring (bicyclic) bond motifs is 1. The number of carbonyl (C=O) groups excluding carboxylic acids is 1. The largest absolute Gasteiger partial charge is 0.298 e. The van der Waals surface area contributed by atoms with E-state index in [-0.39, 0.29) is 10.8 Å². The number of hydrogen-bond acceptors (Lipinski definition) is 5. The molecule has 2 aromatic carbocycles. The number of thiazole rings is 1. The van der Waals surface area contributed by atoms with Crippen molar-refractivity contribution in [1.29, 1.82) is 0 Å². The Kier molecular flexibility index (Phi) is 4.68. The van der Waals surface area contributed by atoms with Crippen molar-refractivity contribution in [1.82, 2.24) is 9.71 Å². The van der Waals surface area contributed by atoms with Crippen LogP contribution in [0.15, 0.2) is 51.8 Å². The van der Waals surface area contributed by atoms with Crippen LogP contribution in [0.25, 0.3) is 10.2 Å². The van der Waals surface area contributed by atoms with Gasteiger partial charge in [-0.1, -0.05) is 27.3 Å². The molecular weight excluding hydrogens is 414 g/mol. The molecule has 0 saturated carbocycles. The number of hydrogen-bond donors (Lipinski definition) is 2. The van der Waals surface area contributed by atoms with Crippen LogP contribution in [0.1, 0.15) is 10.4 Å². The smallest absolute Gasteiger partial charge is 0.257 e. The maximum atomic E-state index is 12.2. The first-order valence-electron chi connectivity index (χ1n) is 6.80. The van der Waals surface area contributed by atoms with Gasteiger partial charge in [-0.25, -0.2) is 18.1 Å². The summed E-state index contributed by atoms with van der Waals surface area (Å²) in [6.45, 7) is 0. The molecule has 0 aliphatic heterocycles. The van der Waals surface area contributed by atoms with Gasteiger partial charge in [-0.05, 0) is 49.5 Å². The molecule has 24 heavy (non-hydrogen) atoms. The van der Waals surface area contributed by atoms with Crippen molar-refractivity contribution in [3.05, 3.63) is 52.5 Å². The summed E-state index contributed by atoms with van der Waals surface area (Å²) < 4.78 is 27.5. The fourth-order valence-corrected chi connectivity index (χ4v) is 4.01. The lowest BCUT2D eigenvalue weighted by Gasteiger charge is -2.01. The van der Waals surface area contributed by atoms with Crippen LogP contribution in [-0.4, -0.2) is 26.4 Å². The van der Waals surface area contributed by atoms with Crippen LogP contribution in [0.5, 0.6) is 0 Å². The van der Waals surface area contributed by atoms with E-state index >= 15 is 0 Å². The Balaban J connectivity index is 1.88. The second-order valence-electron chi connectivity index (χ2n) is 4.82. The summed E-state index contributed by atoms with van der Waals surface area (Å²) in [7, 11) is -2.16. The number of rotatable bonds is 4. The molecule has 3 aromatic rings.